The molecule has 6 heteroatoms. The molecule has 0 aliphatic carbocycles. The third-order valence-electron chi connectivity index (χ3n) is 7.49. The summed E-state index contributed by atoms with van der Waals surface area (Å²) >= 11 is 0. The van der Waals surface area contributed by atoms with Crippen LogP contribution in [0.15, 0.2) is 0 Å². The summed E-state index contributed by atoms with van der Waals surface area (Å²) in [5.74, 6) is 0. The van der Waals surface area contributed by atoms with Gasteiger partial charge in [-0.2, -0.15) is 9.69 Å². The Labute approximate surface area is 238 Å². The van der Waals surface area contributed by atoms with Crippen molar-refractivity contribution in [3.05, 3.63) is 0 Å². The van der Waals surface area contributed by atoms with Crippen molar-refractivity contribution in [2.75, 3.05) is 19.7 Å². The highest BCUT2D eigenvalue weighted by Crippen LogP contribution is 2.44. The van der Waals surface area contributed by atoms with Crippen molar-refractivity contribution in [3.8, 4) is 0 Å². The lowest BCUT2D eigenvalue weighted by atomic mass is 10.0. The minimum Gasteiger partial charge on any atom is -0.301 e. The number of nitrogens with zero attached hydrogens (tertiary/aromatic N) is 1. The van der Waals surface area contributed by atoms with Crippen molar-refractivity contribution in [1.82, 2.24) is 5.06 Å². The van der Waals surface area contributed by atoms with Crippen LogP contribution in [0.4, 0.5) is 0 Å². The Morgan fingerprint density at radius 1 is 0.474 bits per heavy atom. The van der Waals surface area contributed by atoms with E-state index in [-0.39, 0.29) is 0 Å². The molecule has 0 amide bonds. The number of unbranched alkanes of at least 4 members (excludes halogenated alkanes) is 23. The predicted molar refractivity (Wildman–Crippen MR) is 165 cm³/mol. The number of hydrogen-bond donors (Lipinski definition) is 1. The molecule has 0 fully saturated rings. The molecular formula is C32H68NO4P. The van der Waals surface area contributed by atoms with Gasteiger partial charge in [-0.05, 0) is 19.3 Å². The number of phosphoric acid groups is 1. The maximum Gasteiger partial charge on any atom is 0.489 e. The van der Waals surface area contributed by atoms with Crippen molar-refractivity contribution >= 4 is 7.82 Å². The van der Waals surface area contributed by atoms with Gasteiger partial charge in [0.2, 0.25) is 0 Å². The third-order valence-corrected chi connectivity index (χ3v) is 8.44. The first kappa shape index (κ1) is 38.1. The van der Waals surface area contributed by atoms with Gasteiger partial charge in [-0.1, -0.05) is 168 Å². The van der Waals surface area contributed by atoms with E-state index in [0.29, 0.717) is 19.7 Å². The molecule has 0 aliphatic rings. The molecule has 0 saturated carbocycles. The quantitative estimate of drug-likeness (QED) is 0.0503. The predicted octanol–water partition coefficient (Wildman–Crippen LogP) is 11.5. The van der Waals surface area contributed by atoms with Gasteiger partial charge in [-0.25, -0.2) is 4.57 Å². The molecule has 0 aromatic heterocycles. The highest BCUT2D eigenvalue weighted by atomic mass is 31.2. The van der Waals surface area contributed by atoms with E-state index in [1.54, 1.807) is 5.06 Å². The molecule has 0 bridgehead atoms. The zero-order valence-electron chi connectivity index (χ0n) is 26.1. The molecule has 0 aromatic rings. The fraction of sp³-hybridized carbons (Fsp3) is 1.00. The van der Waals surface area contributed by atoms with Crippen LogP contribution in [0.25, 0.3) is 0 Å². The van der Waals surface area contributed by atoms with Crippen LogP contribution in [0.2, 0.25) is 0 Å². The first-order valence-electron chi connectivity index (χ1n) is 17.0. The van der Waals surface area contributed by atoms with Gasteiger partial charge in [0, 0.05) is 13.1 Å². The summed E-state index contributed by atoms with van der Waals surface area (Å²) in [6.07, 6.45) is 32.4. The zero-order valence-corrected chi connectivity index (χ0v) is 27.0. The lowest BCUT2D eigenvalue weighted by Crippen LogP contribution is -2.26. The highest BCUT2D eigenvalue weighted by molar-refractivity contribution is 7.47. The van der Waals surface area contributed by atoms with Gasteiger partial charge in [0.05, 0.1) is 6.61 Å². The average molecular weight is 562 g/mol. The molecule has 0 spiro atoms. The van der Waals surface area contributed by atoms with E-state index in [9.17, 15) is 9.46 Å². The van der Waals surface area contributed by atoms with Gasteiger partial charge in [0.1, 0.15) is 0 Å². The van der Waals surface area contributed by atoms with Crippen LogP contribution in [0.5, 0.6) is 0 Å². The molecule has 230 valence electrons. The van der Waals surface area contributed by atoms with E-state index in [0.717, 1.165) is 38.5 Å². The van der Waals surface area contributed by atoms with Crippen molar-refractivity contribution in [2.45, 2.75) is 188 Å². The smallest absolute Gasteiger partial charge is 0.301 e. The molecule has 38 heavy (non-hydrogen) atoms. The van der Waals surface area contributed by atoms with Gasteiger partial charge in [0.25, 0.3) is 0 Å². The summed E-state index contributed by atoms with van der Waals surface area (Å²) in [4.78, 5) is 10.3. The number of hydrogen-bond acceptors (Lipinski definition) is 4. The van der Waals surface area contributed by atoms with Crippen molar-refractivity contribution in [1.29, 1.82) is 0 Å². The van der Waals surface area contributed by atoms with Crippen LogP contribution in [-0.2, 0) is 13.7 Å². The first-order valence-corrected chi connectivity index (χ1v) is 18.5. The highest BCUT2D eigenvalue weighted by Gasteiger charge is 2.25. The molecule has 0 heterocycles. The summed E-state index contributed by atoms with van der Waals surface area (Å²) in [7, 11) is -4.04. The second-order valence-electron chi connectivity index (χ2n) is 11.4. The Balaban J connectivity index is 3.94. The fourth-order valence-corrected chi connectivity index (χ4v) is 5.84. The van der Waals surface area contributed by atoms with Gasteiger partial charge >= 0.3 is 7.82 Å². The molecule has 1 atom stereocenters. The minimum absolute atomic E-state index is 0.299. The maximum absolute atomic E-state index is 12.6. The van der Waals surface area contributed by atoms with E-state index in [2.05, 4.69) is 20.8 Å². The SMILES string of the molecule is CCCCCCCCCCCCCCCCOP(=O)(O)ON(CCCCCCCC)CCCCCCCC. The fourth-order valence-electron chi connectivity index (χ4n) is 4.98. The standard InChI is InChI=1S/C32H68NO4P/c1-4-7-10-13-16-17-18-19-20-21-22-23-26-29-32-36-38(34,35)37-33(30-27-24-14-11-8-5-2)31-28-25-15-12-9-6-3/h4-32H2,1-3H3,(H,34,35). The third kappa shape index (κ3) is 29.1. The first-order chi connectivity index (χ1) is 18.6. The van der Waals surface area contributed by atoms with Gasteiger partial charge in [-0.15, -0.1) is 0 Å². The van der Waals surface area contributed by atoms with Crippen molar-refractivity contribution < 1.29 is 18.6 Å². The summed E-state index contributed by atoms with van der Waals surface area (Å²) in [5.41, 5.74) is 0. The van der Waals surface area contributed by atoms with Gasteiger partial charge in [0.15, 0.2) is 0 Å². The minimum atomic E-state index is -4.04. The summed E-state index contributed by atoms with van der Waals surface area (Å²) in [6.45, 7) is 8.44. The lowest BCUT2D eigenvalue weighted by molar-refractivity contribution is -0.0885. The Morgan fingerprint density at radius 2 is 0.763 bits per heavy atom. The average Bonchev–Trinajstić information content (AvgIpc) is 2.90. The summed E-state index contributed by atoms with van der Waals surface area (Å²) in [6, 6.07) is 0. The second kappa shape index (κ2) is 30.0. The molecule has 0 rings (SSSR count). The molecular weight excluding hydrogens is 493 g/mol. The molecule has 0 aromatic carbocycles. The summed E-state index contributed by atoms with van der Waals surface area (Å²) < 4.78 is 23.4. The zero-order chi connectivity index (χ0) is 28.0. The molecule has 0 saturated heterocycles. The number of rotatable bonds is 32. The molecule has 1 unspecified atom stereocenters. The van der Waals surface area contributed by atoms with E-state index < -0.39 is 7.82 Å². The molecule has 1 N–H and O–H groups in total. The van der Waals surface area contributed by atoms with Gasteiger partial charge < -0.3 is 4.89 Å². The van der Waals surface area contributed by atoms with E-state index >= 15 is 0 Å². The maximum atomic E-state index is 12.6. The Morgan fingerprint density at radius 3 is 1.11 bits per heavy atom. The Bertz CT molecular complexity index is 490. The van der Waals surface area contributed by atoms with Crippen LogP contribution in [-0.4, -0.2) is 29.7 Å². The van der Waals surface area contributed by atoms with E-state index in [1.165, 1.54) is 128 Å². The van der Waals surface area contributed by atoms with Crippen LogP contribution in [0.3, 0.4) is 0 Å². The Hall–Kier alpha value is 0.0700. The molecule has 0 radical (unpaired) electrons. The molecule has 0 aliphatic heterocycles. The van der Waals surface area contributed by atoms with Crippen LogP contribution < -0.4 is 0 Å². The topological polar surface area (TPSA) is 59.0 Å². The van der Waals surface area contributed by atoms with Crippen LogP contribution in [0, 0.1) is 0 Å². The van der Waals surface area contributed by atoms with Crippen LogP contribution in [0.1, 0.15) is 188 Å². The number of phosphoric ester groups is 1. The van der Waals surface area contributed by atoms with E-state index in [4.69, 9.17) is 9.15 Å². The normalized spacial score (nSPS) is 13.4. The Kier molecular flexibility index (Phi) is 30.1. The van der Waals surface area contributed by atoms with Crippen molar-refractivity contribution in [3.63, 3.8) is 0 Å². The van der Waals surface area contributed by atoms with Crippen molar-refractivity contribution in [2.24, 2.45) is 0 Å². The monoisotopic (exact) mass is 561 g/mol. The van der Waals surface area contributed by atoms with E-state index in [1.807, 2.05) is 0 Å². The van der Waals surface area contributed by atoms with Crippen LogP contribution >= 0.6 is 7.82 Å². The lowest BCUT2D eigenvalue weighted by Gasteiger charge is -2.24. The second-order valence-corrected chi connectivity index (χ2v) is 12.8. The summed E-state index contributed by atoms with van der Waals surface area (Å²) in [5, 5.41) is 1.71. The van der Waals surface area contributed by atoms with Gasteiger partial charge in [-0.3, -0.25) is 4.52 Å². The molecule has 5 nitrogen and oxygen atoms in total. The largest absolute Gasteiger partial charge is 0.489 e. The number of hydroxylamine groups is 2.